The molecule has 0 saturated carbocycles. The molecule has 0 aliphatic carbocycles. The van der Waals surface area contributed by atoms with Crippen molar-refractivity contribution in [2.45, 2.75) is 33.0 Å². The zero-order chi connectivity index (χ0) is 11.0. The van der Waals surface area contributed by atoms with Crippen LogP contribution in [0.2, 0.25) is 0 Å². The van der Waals surface area contributed by atoms with Crippen molar-refractivity contribution in [2.24, 2.45) is 0 Å². The Kier molecular flexibility index (Phi) is 2.49. The smallest absolute Gasteiger partial charge is 0.220 e. The van der Waals surface area contributed by atoms with Crippen LogP contribution in [0.25, 0.3) is 0 Å². The summed E-state index contributed by atoms with van der Waals surface area (Å²) in [6.07, 6.45) is -0.443. The molecule has 1 aliphatic rings. The Morgan fingerprint density at radius 3 is 2.67 bits per heavy atom. The van der Waals surface area contributed by atoms with Gasteiger partial charge in [0.15, 0.2) is 0 Å². The number of hydrogen-bond acceptors (Lipinski definition) is 2. The molecule has 1 unspecified atom stereocenters. The molecule has 1 N–H and O–H groups in total. The van der Waals surface area contributed by atoms with Crippen molar-refractivity contribution in [3.05, 3.63) is 34.9 Å². The Morgan fingerprint density at radius 2 is 2.07 bits per heavy atom. The van der Waals surface area contributed by atoms with Crippen LogP contribution in [-0.2, 0) is 17.9 Å². The molecule has 1 atom stereocenters. The minimum atomic E-state index is -0.443. The van der Waals surface area contributed by atoms with E-state index in [1.54, 1.807) is 18.7 Å². The number of carbonyl (C=O) groups is 1. The third-order valence-corrected chi connectivity index (χ3v) is 2.88. The molecule has 1 aromatic rings. The van der Waals surface area contributed by atoms with Gasteiger partial charge in [0.05, 0.1) is 6.10 Å². The van der Waals surface area contributed by atoms with Crippen LogP contribution in [0.1, 0.15) is 36.6 Å². The van der Waals surface area contributed by atoms with E-state index < -0.39 is 6.10 Å². The van der Waals surface area contributed by atoms with Gasteiger partial charge in [0.2, 0.25) is 5.91 Å². The van der Waals surface area contributed by atoms with Gasteiger partial charge in [-0.2, -0.15) is 0 Å². The van der Waals surface area contributed by atoms with E-state index in [4.69, 9.17) is 0 Å². The van der Waals surface area contributed by atoms with E-state index in [2.05, 4.69) is 0 Å². The van der Waals surface area contributed by atoms with Crippen LogP contribution in [0.5, 0.6) is 0 Å². The maximum absolute atomic E-state index is 11.2. The summed E-state index contributed by atoms with van der Waals surface area (Å²) in [4.78, 5) is 13.0. The van der Waals surface area contributed by atoms with Crippen LogP contribution < -0.4 is 0 Å². The zero-order valence-corrected chi connectivity index (χ0v) is 9.03. The number of aliphatic hydroxyl groups is 1. The van der Waals surface area contributed by atoms with Gasteiger partial charge in [-0.15, -0.1) is 0 Å². The summed E-state index contributed by atoms with van der Waals surface area (Å²) < 4.78 is 0. The van der Waals surface area contributed by atoms with Gasteiger partial charge >= 0.3 is 0 Å². The lowest BCUT2D eigenvalue weighted by Crippen LogP contribution is -2.21. The molecule has 0 radical (unpaired) electrons. The topological polar surface area (TPSA) is 40.5 Å². The van der Waals surface area contributed by atoms with Crippen LogP contribution in [0, 0.1) is 0 Å². The Morgan fingerprint density at radius 1 is 1.40 bits per heavy atom. The second-order valence-corrected chi connectivity index (χ2v) is 4.08. The van der Waals surface area contributed by atoms with Gasteiger partial charge in [-0.1, -0.05) is 18.2 Å². The first kappa shape index (κ1) is 10.2. The second-order valence-electron chi connectivity index (χ2n) is 4.08. The highest BCUT2D eigenvalue weighted by atomic mass is 16.3. The maximum Gasteiger partial charge on any atom is 0.220 e. The van der Waals surface area contributed by atoms with Crippen molar-refractivity contribution >= 4 is 5.91 Å². The van der Waals surface area contributed by atoms with Gasteiger partial charge < -0.3 is 10.0 Å². The molecule has 0 fully saturated rings. The summed E-state index contributed by atoms with van der Waals surface area (Å²) in [5.74, 6) is 0.102. The first-order valence-electron chi connectivity index (χ1n) is 5.13. The monoisotopic (exact) mass is 205 g/mol. The van der Waals surface area contributed by atoms with Crippen LogP contribution >= 0.6 is 0 Å². The molecule has 2 rings (SSSR count). The molecule has 3 nitrogen and oxygen atoms in total. The third kappa shape index (κ3) is 1.88. The molecule has 0 saturated heterocycles. The second kappa shape index (κ2) is 3.66. The molecule has 15 heavy (non-hydrogen) atoms. The van der Waals surface area contributed by atoms with Crippen molar-refractivity contribution in [1.82, 2.24) is 4.90 Å². The Balaban J connectivity index is 2.27. The molecule has 0 aromatic heterocycles. The van der Waals surface area contributed by atoms with E-state index in [0.29, 0.717) is 13.1 Å². The van der Waals surface area contributed by atoms with Crippen LogP contribution in [0.4, 0.5) is 0 Å². The Labute approximate surface area is 89.3 Å². The van der Waals surface area contributed by atoms with Crippen LogP contribution in [-0.4, -0.2) is 15.9 Å². The molecule has 80 valence electrons. The highest BCUT2D eigenvalue weighted by Crippen LogP contribution is 2.25. The van der Waals surface area contributed by atoms with E-state index >= 15 is 0 Å². The minimum absolute atomic E-state index is 0.102. The van der Waals surface area contributed by atoms with Crippen molar-refractivity contribution in [1.29, 1.82) is 0 Å². The summed E-state index contributed by atoms with van der Waals surface area (Å²) in [5, 5.41) is 9.45. The van der Waals surface area contributed by atoms with Gasteiger partial charge in [-0.3, -0.25) is 4.79 Å². The van der Waals surface area contributed by atoms with Gasteiger partial charge in [-0.25, -0.2) is 0 Å². The van der Waals surface area contributed by atoms with Crippen LogP contribution in [0.3, 0.4) is 0 Å². The average molecular weight is 205 g/mol. The van der Waals surface area contributed by atoms with E-state index in [1.165, 1.54) is 5.56 Å². The average Bonchev–Trinajstić information content (AvgIpc) is 2.59. The number of aliphatic hydroxyl groups excluding tert-OH is 1. The third-order valence-electron chi connectivity index (χ3n) is 2.88. The minimum Gasteiger partial charge on any atom is -0.389 e. The number of hydrogen-bond donors (Lipinski definition) is 1. The van der Waals surface area contributed by atoms with E-state index in [-0.39, 0.29) is 5.91 Å². The fourth-order valence-corrected chi connectivity index (χ4v) is 1.90. The lowest BCUT2D eigenvalue weighted by Gasteiger charge is -2.11. The molecule has 3 heteroatoms. The zero-order valence-electron chi connectivity index (χ0n) is 9.03. The summed E-state index contributed by atoms with van der Waals surface area (Å²) in [7, 11) is 0. The fraction of sp³-hybridized carbons (Fsp3) is 0.417. The van der Waals surface area contributed by atoms with Gasteiger partial charge in [0, 0.05) is 20.0 Å². The summed E-state index contributed by atoms with van der Waals surface area (Å²) in [5.41, 5.74) is 3.26. The van der Waals surface area contributed by atoms with Gasteiger partial charge in [0.1, 0.15) is 0 Å². The van der Waals surface area contributed by atoms with E-state index in [1.807, 2.05) is 18.2 Å². The molecular weight excluding hydrogens is 190 g/mol. The standard InChI is InChI=1S/C12H15NO2/c1-8(14)10-3-4-11-6-13(9(2)15)7-12(11)5-10/h3-5,8,14H,6-7H2,1-2H3. The Bertz CT molecular complexity index is 399. The number of fused-ring (bicyclic) bond motifs is 1. The molecular formula is C12H15NO2. The predicted molar refractivity (Wildman–Crippen MR) is 57.0 cm³/mol. The Hall–Kier alpha value is -1.35. The lowest BCUT2D eigenvalue weighted by molar-refractivity contribution is -0.129. The summed E-state index contributed by atoms with van der Waals surface area (Å²) >= 11 is 0. The van der Waals surface area contributed by atoms with Gasteiger partial charge in [0.25, 0.3) is 0 Å². The maximum atomic E-state index is 11.2. The first-order chi connectivity index (χ1) is 7.08. The molecule has 1 heterocycles. The highest BCUT2D eigenvalue weighted by molar-refractivity contribution is 5.74. The fourth-order valence-electron chi connectivity index (χ4n) is 1.90. The molecule has 1 aliphatic heterocycles. The number of nitrogens with zero attached hydrogens (tertiary/aromatic N) is 1. The number of carbonyl (C=O) groups excluding carboxylic acids is 1. The van der Waals surface area contributed by atoms with Crippen molar-refractivity contribution in [3.8, 4) is 0 Å². The molecule has 0 spiro atoms. The van der Waals surface area contributed by atoms with Crippen LogP contribution in [0.15, 0.2) is 18.2 Å². The largest absolute Gasteiger partial charge is 0.389 e. The quantitative estimate of drug-likeness (QED) is 0.756. The molecule has 0 bridgehead atoms. The van der Waals surface area contributed by atoms with Crippen molar-refractivity contribution < 1.29 is 9.90 Å². The SMILES string of the molecule is CC(=O)N1Cc2ccc(C(C)O)cc2C1. The first-order valence-corrected chi connectivity index (χ1v) is 5.13. The summed E-state index contributed by atoms with van der Waals surface area (Å²) in [6.45, 7) is 4.71. The number of benzene rings is 1. The number of amides is 1. The van der Waals surface area contributed by atoms with Crippen molar-refractivity contribution in [3.63, 3.8) is 0 Å². The summed E-state index contributed by atoms with van der Waals surface area (Å²) in [6, 6.07) is 5.91. The molecule has 1 amide bonds. The normalized spacial score (nSPS) is 16.3. The lowest BCUT2D eigenvalue weighted by atomic mass is 10.0. The highest BCUT2D eigenvalue weighted by Gasteiger charge is 2.21. The van der Waals surface area contributed by atoms with Crippen molar-refractivity contribution in [2.75, 3.05) is 0 Å². The van der Waals surface area contributed by atoms with Gasteiger partial charge in [-0.05, 0) is 23.6 Å². The predicted octanol–water partition coefficient (Wildman–Crippen LogP) is 1.60. The van der Waals surface area contributed by atoms with E-state index in [0.717, 1.165) is 11.1 Å². The molecule has 1 aromatic carbocycles. The van der Waals surface area contributed by atoms with E-state index in [9.17, 15) is 9.90 Å². The number of rotatable bonds is 1.